The number of hydrogen-bond donors (Lipinski definition) is 1. The van der Waals surface area contributed by atoms with Crippen LogP contribution in [0.15, 0.2) is 47.0 Å². The maximum absolute atomic E-state index is 12.5. The summed E-state index contributed by atoms with van der Waals surface area (Å²) in [6, 6.07) is 6.19. The van der Waals surface area contributed by atoms with Gasteiger partial charge in [-0.15, -0.1) is 16.8 Å². The van der Waals surface area contributed by atoms with Crippen LogP contribution in [-0.2, 0) is 27.8 Å². The molecule has 0 fully saturated rings. The average Bonchev–Trinajstić information content (AvgIpc) is 3.09. The molecule has 1 amide bonds. The third-order valence-corrected chi connectivity index (χ3v) is 7.27. The summed E-state index contributed by atoms with van der Waals surface area (Å²) in [6.45, 7) is 10.7. The van der Waals surface area contributed by atoms with Crippen LogP contribution in [0.4, 0.5) is 5.69 Å². The first-order valence-electron chi connectivity index (χ1n) is 9.43. The van der Waals surface area contributed by atoms with Crippen molar-refractivity contribution in [1.82, 2.24) is 19.1 Å². The molecule has 1 aromatic heterocycles. The molecule has 0 aliphatic heterocycles. The maximum Gasteiger partial charge on any atom is 0.243 e. The normalized spacial score (nSPS) is 11.6. The Kier molecular flexibility index (Phi) is 8.42. The van der Waals surface area contributed by atoms with E-state index in [2.05, 4.69) is 22.1 Å². The van der Waals surface area contributed by atoms with Crippen LogP contribution < -0.4 is 5.32 Å². The van der Waals surface area contributed by atoms with Crippen molar-refractivity contribution in [1.29, 1.82) is 0 Å². The van der Waals surface area contributed by atoms with Gasteiger partial charge in [-0.2, -0.15) is 4.31 Å². The fraction of sp³-hybridized carbons (Fsp3) is 0.421. The van der Waals surface area contributed by atoms with Crippen LogP contribution in [-0.4, -0.2) is 52.2 Å². The summed E-state index contributed by atoms with van der Waals surface area (Å²) in [4.78, 5) is 12.5. The molecule has 1 heterocycles. The zero-order chi connectivity index (χ0) is 21.4. The second kappa shape index (κ2) is 10.6. The monoisotopic (exact) mass is 437 g/mol. The van der Waals surface area contributed by atoms with Gasteiger partial charge in [-0.1, -0.05) is 38.6 Å². The van der Waals surface area contributed by atoms with Gasteiger partial charge >= 0.3 is 0 Å². The van der Waals surface area contributed by atoms with Crippen LogP contribution in [0.25, 0.3) is 0 Å². The lowest BCUT2D eigenvalue weighted by Crippen LogP contribution is -2.30. The minimum atomic E-state index is -3.51. The van der Waals surface area contributed by atoms with Gasteiger partial charge in [0.1, 0.15) is 5.82 Å². The summed E-state index contributed by atoms with van der Waals surface area (Å²) in [6.07, 6.45) is 2.51. The molecule has 0 atom stereocenters. The number of hydrogen-bond acceptors (Lipinski definition) is 6. The molecule has 0 aliphatic rings. The number of thioether (sulfide) groups is 1. The second-order valence-corrected chi connectivity index (χ2v) is 8.98. The Morgan fingerprint density at radius 1 is 1.21 bits per heavy atom. The molecular weight excluding hydrogens is 410 g/mol. The van der Waals surface area contributed by atoms with Crippen molar-refractivity contribution >= 4 is 33.4 Å². The first-order chi connectivity index (χ1) is 13.9. The number of anilines is 1. The van der Waals surface area contributed by atoms with E-state index in [0.717, 1.165) is 12.2 Å². The maximum atomic E-state index is 12.5. The van der Waals surface area contributed by atoms with E-state index in [1.54, 1.807) is 32.1 Å². The number of sulfonamides is 1. The lowest BCUT2D eigenvalue weighted by Gasteiger charge is -2.18. The predicted molar refractivity (Wildman–Crippen MR) is 115 cm³/mol. The Morgan fingerprint density at radius 3 is 2.41 bits per heavy atom. The Labute approximate surface area is 176 Å². The van der Waals surface area contributed by atoms with E-state index in [9.17, 15) is 13.2 Å². The van der Waals surface area contributed by atoms with Gasteiger partial charge in [0, 0.05) is 31.7 Å². The number of rotatable bonds is 11. The highest BCUT2D eigenvalue weighted by atomic mass is 32.2. The van der Waals surface area contributed by atoms with Crippen molar-refractivity contribution in [3.05, 3.63) is 42.7 Å². The van der Waals surface area contributed by atoms with Gasteiger partial charge in [0.05, 0.1) is 10.6 Å². The molecule has 10 heteroatoms. The molecular formula is C19H27N5O3S2. The van der Waals surface area contributed by atoms with Crippen LogP contribution in [0.5, 0.6) is 0 Å². The molecule has 1 aromatic carbocycles. The number of allylic oxidation sites excluding steroid dienone is 1. The smallest absolute Gasteiger partial charge is 0.243 e. The summed E-state index contributed by atoms with van der Waals surface area (Å²) in [5.41, 5.74) is 0.538. The van der Waals surface area contributed by atoms with Gasteiger partial charge in [-0.3, -0.25) is 4.79 Å². The number of benzene rings is 1. The molecule has 0 spiro atoms. The zero-order valence-corrected chi connectivity index (χ0v) is 18.6. The minimum Gasteiger partial charge on any atom is -0.325 e. The predicted octanol–water partition coefficient (Wildman–Crippen LogP) is 2.79. The van der Waals surface area contributed by atoms with E-state index in [4.69, 9.17) is 0 Å². The first kappa shape index (κ1) is 23.1. The Balaban J connectivity index is 2.00. The summed E-state index contributed by atoms with van der Waals surface area (Å²) < 4.78 is 28.3. The van der Waals surface area contributed by atoms with E-state index in [0.29, 0.717) is 30.5 Å². The number of aromatic nitrogens is 3. The number of nitrogens with one attached hydrogen (secondary N) is 1. The number of nitrogens with zero attached hydrogens (tertiary/aromatic N) is 4. The molecule has 0 radical (unpaired) electrons. The van der Waals surface area contributed by atoms with Gasteiger partial charge < -0.3 is 9.88 Å². The first-order valence-corrected chi connectivity index (χ1v) is 11.9. The quantitative estimate of drug-likeness (QED) is 0.429. The summed E-state index contributed by atoms with van der Waals surface area (Å²) in [7, 11) is -3.51. The Bertz CT molecular complexity index is 935. The SMILES string of the molecule is C=CCn1c(CC)nnc1SCC(=O)Nc1ccc(S(=O)(=O)N(CC)CC)cc1. The van der Waals surface area contributed by atoms with Gasteiger partial charge in [0.25, 0.3) is 0 Å². The van der Waals surface area contributed by atoms with Crippen LogP contribution >= 0.6 is 11.8 Å². The van der Waals surface area contributed by atoms with Crippen molar-refractivity contribution in [3.8, 4) is 0 Å². The second-order valence-electron chi connectivity index (χ2n) is 6.10. The lowest BCUT2D eigenvalue weighted by molar-refractivity contribution is -0.113. The zero-order valence-electron chi connectivity index (χ0n) is 17.0. The number of amides is 1. The summed E-state index contributed by atoms with van der Waals surface area (Å²) >= 11 is 1.29. The average molecular weight is 438 g/mol. The number of carbonyl (C=O) groups excluding carboxylic acids is 1. The van der Waals surface area contributed by atoms with E-state index >= 15 is 0 Å². The Morgan fingerprint density at radius 2 is 1.86 bits per heavy atom. The largest absolute Gasteiger partial charge is 0.325 e. The fourth-order valence-electron chi connectivity index (χ4n) is 2.75. The third kappa shape index (κ3) is 5.68. The molecule has 0 aliphatic carbocycles. The van der Waals surface area contributed by atoms with Crippen molar-refractivity contribution < 1.29 is 13.2 Å². The highest BCUT2D eigenvalue weighted by Gasteiger charge is 2.21. The topological polar surface area (TPSA) is 97.2 Å². The van der Waals surface area contributed by atoms with Gasteiger partial charge in [-0.05, 0) is 24.3 Å². The molecule has 1 N–H and O–H groups in total. The van der Waals surface area contributed by atoms with Crippen LogP contribution in [0.3, 0.4) is 0 Å². The molecule has 0 saturated carbocycles. The van der Waals surface area contributed by atoms with E-state index in [1.165, 1.54) is 28.2 Å². The van der Waals surface area contributed by atoms with E-state index in [-0.39, 0.29) is 16.6 Å². The number of aryl methyl sites for hydroxylation is 1. The van der Waals surface area contributed by atoms with Gasteiger partial charge in [0.2, 0.25) is 15.9 Å². The van der Waals surface area contributed by atoms with Crippen LogP contribution in [0.2, 0.25) is 0 Å². The summed E-state index contributed by atoms with van der Waals surface area (Å²) in [5.74, 6) is 0.803. The third-order valence-electron chi connectivity index (χ3n) is 4.23. The van der Waals surface area contributed by atoms with Crippen LogP contribution in [0.1, 0.15) is 26.6 Å². The molecule has 2 aromatic rings. The van der Waals surface area contributed by atoms with Crippen LogP contribution in [0, 0.1) is 0 Å². The molecule has 0 unspecified atom stereocenters. The molecule has 2 rings (SSSR count). The fourth-order valence-corrected chi connectivity index (χ4v) is 4.97. The van der Waals surface area contributed by atoms with Gasteiger partial charge in [0.15, 0.2) is 5.16 Å². The lowest BCUT2D eigenvalue weighted by atomic mass is 10.3. The Hall–Kier alpha value is -2.17. The molecule has 0 bridgehead atoms. The molecule has 0 saturated heterocycles. The number of carbonyl (C=O) groups is 1. The summed E-state index contributed by atoms with van der Waals surface area (Å²) in [5, 5.41) is 11.7. The highest BCUT2D eigenvalue weighted by Crippen LogP contribution is 2.20. The standard InChI is InChI=1S/C19H27N5O3S2/c1-5-13-24-17(6-2)21-22-19(24)28-14-18(25)20-15-9-11-16(12-10-15)29(26,27)23(7-3)8-4/h5,9-12H,1,6-8,13-14H2,2-4H3,(H,20,25). The van der Waals surface area contributed by atoms with Gasteiger partial charge in [-0.25, -0.2) is 8.42 Å². The molecule has 8 nitrogen and oxygen atoms in total. The van der Waals surface area contributed by atoms with Crippen molar-refractivity contribution in [3.63, 3.8) is 0 Å². The minimum absolute atomic E-state index is 0.165. The molecule has 158 valence electrons. The highest BCUT2D eigenvalue weighted by molar-refractivity contribution is 7.99. The van der Waals surface area contributed by atoms with Crippen molar-refractivity contribution in [2.75, 3.05) is 24.2 Å². The van der Waals surface area contributed by atoms with E-state index in [1.807, 2.05) is 11.5 Å². The van der Waals surface area contributed by atoms with Crippen molar-refractivity contribution in [2.45, 2.75) is 43.8 Å². The van der Waals surface area contributed by atoms with Crippen molar-refractivity contribution in [2.24, 2.45) is 0 Å². The van der Waals surface area contributed by atoms with E-state index < -0.39 is 10.0 Å². The molecule has 29 heavy (non-hydrogen) atoms.